The summed E-state index contributed by atoms with van der Waals surface area (Å²) in [5, 5.41) is 9.73. The Kier molecular flexibility index (Phi) is 4.16. The van der Waals surface area contributed by atoms with Crippen molar-refractivity contribution in [1.82, 2.24) is 9.13 Å². The van der Waals surface area contributed by atoms with Gasteiger partial charge in [0.2, 0.25) is 0 Å². The van der Waals surface area contributed by atoms with Crippen molar-refractivity contribution < 1.29 is 14.6 Å². The minimum atomic E-state index is -0.731. The predicted molar refractivity (Wildman–Crippen MR) is 78.9 cm³/mol. The Labute approximate surface area is 126 Å². The molecule has 0 amide bonds. The van der Waals surface area contributed by atoms with E-state index < -0.39 is 17.2 Å². The maximum absolute atomic E-state index is 11.9. The minimum absolute atomic E-state index is 0.0273. The SMILES string of the molecule is Cc1ccc(C(=O)OCc2cc(=O)n(C)c(=O)n2C)c(O)c1. The first-order chi connectivity index (χ1) is 10.3. The summed E-state index contributed by atoms with van der Waals surface area (Å²) >= 11 is 0. The second-order valence-electron chi connectivity index (χ2n) is 4.97. The number of hydrogen-bond donors (Lipinski definition) is 1. The number of hydrogen-bond acceptors (Lipinski definition) is 5. The summed E-state index contributed by atoms with van der Waals surface area (Å²) in [6.45, 7) is 1.54. The lowest BCUT2D eigenvalue weighted by Crippen LogP contribution is -2.38. The second kappa shape index (κ2) is 5.88. The van der Waals surface area contributed by atoms with Gasteiger partial charge in [0, 0.05) is 20.2 Å². The Morgan fingerprint density at radius 2 is 1.86 bits per heavy atom. The van der Waals surface area contributed by atoms with E-state index in [4.69, 9.17) is 4.74 Å². The molecule has 7 heteroatoms. The van der Waals surface area contributed by atoms with E-state index in [2.05, 4.69) is 0 Å². The van der Waals surface area contributed by atoms with E-state index in [1.165, 1.54) is 36.9 Å². The smallest absolute Gasteiger partial charge is 0.342 e. The third-order valence-electron chi connectivity index (χ3n) is 3.35. The zero-order valence-corrected chi connectivity index (χ0v) is 12.5. The lowest BCUT2D eigenvalue weighted by atomic mass is 10.1. The monoisotopic (exact) mass is 304 g/mol. The van der Waals surface area contributed by atoms with E-state index in [1.54, 1.807) is 13.0 Å². The van der Waals surface area contributed by atoms with Gasteiger partial charge in [-0.25, -0.2) is 9.59 Å². The fourth-order valence-electron chi connectivity index (χ4n) is 1.95. The molecule has 0 radical (unpaired) electrons. The van der Waals surface area contributed by atoms with E-state index in [0.29, 0.717) is 0 Å². The molecule has 1 heterocycles. The van der Waals surface area contributed by atoms with Gasteiger partial charge in [-0.05, 0) is 24.6 Å². The Morgan fingerprint density at radius 3 is 2.50 bits per heavy atom. The van der Waals surface area contributed by atoms with Crippen molar-refractivity contribution in [3.05, 3.63) is 61.9 Å². The molecule has 1 aromatic carbocycles. The quantitative estimate of drug-likeness (QED) is 0.832. The normalized spacial score (nSPS) is 10.5. The Hall–Kier alpha value is -2.83. The molecule has 0 bridgehead atoms. The zero-order valence-electron chi connectivity index (χ0n) is 12.5. The topological polar surface area (TPSA) is 90.5 Å². The molecule has 0 spiro atoms. The minimum Gasteiger partial charge on any atom is -0.507 e. The number of carbonyl (C=O) groups excluding carboxylic acids is 1. The van der Waals surface area contributed by atoms with E-state index in [0.717, 1.165) is 10.1 Å². The number of ether oxygens (including phenoxy) is 1. The van der Waals surface area contributed by atoms with Crippen LogP contribution >= 0.6 is 0 Å². The third kappa shape index (κ3) is 2.93. The van der Waals surface area contributed by atoms with Crippen molar-refractivity contribution >= 4 is 5.97 Å². The maximum Gasteiger partial charge on any atom is 0.342 e. The highest BCUT2D eigenvalue weighted by Crippen LogP contribution is 2.19. The van der Waals surface area contributed by atoms with Crippen molar-refractivity contribution in [2.24, 2.45) is 14.1 Å². The summed E-state index contributed by atoms with van der Waals surface area (Å²) in [5.74, 6) is -0.909. The summed E-state index contributed by atoms with van der Waals surface area (Å²) in [4.78, 5) is 35.3. The van der Waals surface area contributed by atoms with Crippen molar-refractivity contribution in [3.63, 3.8) is 0 Å². The third-order valence-corrected chi connectivity index (χ3v) is 3.35. The molecule has 0 aliphatic carbocycles. The van der Waals surface area contributed by atoms with Crippen LogP contribution in [0.3, 0.4) is 0 Å². The Bertz CT molecular complexity index is 848. The number of aryl methyl sites for hydroxylation is 1. The Balaban J connectivity index is 2.22. The van der Waals surface area contributed by atoms with Crippen molar-refractivity contribution in [2.45, 2.75) is 13.5 Å². The molecule has 0 saturated carbocycles. The van der Waals surface area contributed by atoms with Gasteiger partial charge in [0.05, 0.1) is 5.69 Å². The fourth-order valence-corrected chi connectivity index (χ4v) is 1.95. The molecule has 1 aromatic heterocycles. The molecule has 0 saturated heterocycles. The van der Waals surface area contributed by atoms with Gasteiger partial charge in [0.25, 0.3) is 5.56 Å². The van der Waals surface area contributed by atoms with Crippen LogP contribution in [0.15, 0.2) is 33.9 Å². The van der Waals surface area contributed by atoms with Gasteiger partial charge in [-0.1, -0.05) is 6.07 Å². The highest BCUT2D eigenvalue weighted by Gasteiger charge is 2.14. The van der Waals surface area contributed by atoms with Crippen LogP contribution in [0.2, 0.25) is 0 Å². The lowest BCUT2D eigenvalue weighted by Gasteiger charge is -2.10. The van der Waals surface area contributed by atoms with Crippen LogP contribution in [0.25, 0.3) is 0 Å². The summed E-state index contributed by atoms with van der Waals surface area (Å²) in [5.41, 5.74) is 0.125. The molecule has 1 N–H and O–H groups in total. The Morgan fingerprint density at radius 1 is 1.18 bits per heavy atom. The average molecular weight is 304 g/mol. The first kappa shape index (κ1) is 15.6. The first-order valence-electron chi connectivity index (χ1n) is 6.54. The number of rotatable bonds is 3. The molecule has 116 valence electrons. The molecule has 0 atom stereocenters. The van der Waals surface area contributed by atoms with Crippen molar-refractivity contribution in [2.75, 3.05) is 0 Å². The van der Waals surface area contributed by atoms with Gasteiger partial charge in [0.1, 0.15) is 17.9 Å². The summed E-state index contributed by atoms with van der Waals surface area (Å²) in [6, 6.07) is 5.80. The highest BCUT2D eigenvalue weighted by molar-refractivity contribution is 5.92. The first-order valence-corrected chi connectivity index (χ1v) is 6.54. The fraction of sp³-hybridized carbons (Fsp3) is 0.267. The molecule has 0 aliphatic heterocycles. The van der Waals surface area contributed by atoms with E-state index in [-0.39, 0.29) is 23.6 Å². The summed E-state index contributed by atoms with van der Waals surface area (Å²) in [6.07, 6.45) is 0. The highest BCUT2D eigenvalue weighted by atomic mass is 16.5. The molecule has 22 heavy (non-hydrogen) atoms. The molecule has 2 rings (SSSR count). The molecule has 0 aliphatic rings. The zero-order chi connectivity index (χ0) is 16.4. The van der Waals surface area contributed by atoms with Crippen molar-refractivity contribution in [1.29, 1.82) is 0 Å². The number of carbonyl (C=O) groups is 1. The van der Waals surface area contributed by atoms with E-state index >= 15 is 0 Å². The molecule has 7 nitrogen and oxygen atoms in total. The summed E-state index contributed by atoms with van der Waals surface area (Å²) < 4.78 is 7.24. The van der Waals surface area contributed by atoms with E-state index in [9.17, 15) is 19.5 Å². The van der Waals surface area contributed by atoms with Crippen LogP contribution < -0.4 is 11.2 Å². The van der Waals surface area contributed by atoms with Gasteiger partial charge in [-0.3, -0.25) is 13.9 Å². The molecular weight excluding hydrogens is 288 g/mol. The number of benzene rings is 1. The number of esters is 1. The maximum atomic E-state index is 11.9. The van der Waals surface area contributed by atoms with Crippen LogP contribution in [0.5, 0.6) is 5.75 Å². The van der Waals surface area contributed by atoms with Crippen LogP contribution in [0.1, 0.15) is 21.6 Å². The number of aromatic nitrogens is 2. The van der Waals surface area contributed by atoms with Crippen LogP contribution in [0.4, 0.5) is 0 Å². The van der Waals surface area contributed by atoms with Crippen LogP contribution in [0, 0.1) is 6.92 Å². The molecule has 0 unspecified atom stereocenters. The van der Waals surface area contributed by atoms with Gasteiger partial charge in [-0.2, -0.15) is 0 Å². The average Bonchev–Trinajstić information content (AvgIpc) is 2.47. The second-order valence-corrected chi connectivity index (χ2v) is 4.97. The van der Waals surface area contributed by atoms with Crippen LogP contribution in [-0.2, 0) is 25.4 Å². The van der Waals surface area contributed by atoms with Crippen LogP contribution in [-0.4, -0.2) is 20.2 Å². The van der Waals surface area contributed by atoms with Crippen molar-refractivity contribution in [3.8, 4) is 5.75 Å². The molecule has 2 aromatic rings. The standard InChI is InChI=1S/C15H16N2O5/c1-9-4-5-11(12(18)6-9)14(20)22-8-10-7-13(19)17(3)15(21)16(10)2/h4-7,18H,8H2,1-3H3. The molecular formula is C15H16N2O5. The molecule has 0 fully saturated rings. The predicted octanol–water partition coefficient (Wildman–Crippen LogP) is 0.455. The number of phenolic OH excluding ortho intramolecular Hbond substituents is 1. The number of aromatic hydroxyl groups is 1. The van der Waals surface area contributed by atoms with Gasteiger partial charge in [0.15, 0.2) is 0 Å². The number of phenols is 1. The summed E-state index contributed by atoms with van der Waals surface area (Å²) in [7, 11) is 2.85. The van der Waals surface area contributed by atoms with Gasteiger partial charge >= 0.3 is 11.7 Å². The van der Waals surface area contributed by atoms with E-state index in [1.807, 2.05) is 0 Å². The van der Waals surface area contributed by atoms with Gasteiger partial charge in [-0.15, -0.1) is 0 Å². The van der Waals surface area contributed by atoms with Gasteiger partial charge < -0.3 is 9.84 Å². The largest absolute Gasteiger partial charge is 0.507 e. The lowest BCUT2D eigenvalue weighted by molar-refractivity contribution is 0.0459. The number of nitrogens with zero attached hydrogens (tertiary/aromatic N) is 2.